The van der Waals surface area contributed by atoms with Crippen LogP contribution in [-0.2, 0) is 6.42 Å². The molecule has 2 rings (SSSR count). The number of carboxylic acid groups (broad SMARTS) is 1. The van der Waals surface area contributed by atoms with Crippen molar-refractivity contribution in [3.63, 3.8) is 0 Å². The lowest BCUT2D eigenvalue weighted by molar-refractivity contribution is 0.0696. The number of hydrogen-bond acceptors (Lipinski definition) is 5. The van der Waals surface area contributed by atoms with Crippen LogP contribution in [0.1, 0.15) is 22.3 Å². The lowest BCUT2D eigenvalue weighted by Crippen LogP contribution is -2.06. The minimum absolute atomic E-state index is 0.0478. The first kappa shape index (κ1) is 13.8. The Labute approximate surface area is 116 Å². The lowest BCUT2D eigenvalue weighted by atomic mass is 10.1. The quantitative estimate of drug-likeness (QED) is 0.778. The van der Waals surface area contributed by atoms with Crippen molar-refractivity contribution < 1.29 is 14.6 Å². The molecule has 0 unspecified atom stereocenters. The van der Waals surface area contributed by atoms with E-state index in [9.17, 15) is 4.79 Å². The molecule has 2 heterocycles. The van der Waals surface area contributed by atoms with E-state index in [4.69, 9.17) is 15.6 Å². The minimum atomic E-state index is -1.06. The van der Waals surface area contributed by atoms with Gasteiger partial charge in [0, 0.05) is 18.6 Å². The second kappa shape index (κ2) is 6.51. The molecule has 6 nitrogen and oxygen atoms in total. The predicted octanol–water partition coefficient (Wildman–Crippen LogP) is 1.77. The van der Waals surface area contributed by atoms with Crippen LogP contribution in [0.3, 0.4) is 0 Å². The van der Waals surface area contributed by atoms with Crippen LogP contribution in [0.5, 0.6) is 5.88 Å². The van der Waals surface area contributed by atoms with Gasteiger partial charge in [-0.2, -0.15) is 0 Å². The normalized spacial score (nSPS) is 10.2. The molecule has 2 aromatic heterocycles. The third-order valence-corrected chi connectivity index (χ3v) is 2.72. The van der Waals surface area contributed by atoms with Crippen molar-refractivity contribution in [2.45, 2.75) is 12.8 Å². The topological polar surface area (TPSA) is 98.3 Å². The van der Waals surface area contributed by atoms with Crippen LogP contribution in [0.2, 0.25) is 0 Å². The van der Waals surface area contributed by atoms with Gasteiger partial charge in [0.15, 0.2) is 0 Å². The van der Waals surface area contributed by atoms with Crippen molar-refractivity contribution in [2.75, 3.05) is 12.3 Å². The highest BCUT2D eigenvalue weighted by Gasteiger charge is 2.08. The molecule has 104 valence electrons. The number of rotatable bonds is 6. The molecule has 0 atom stereocenters. The first-order valence-electron chi connectivity index (χ1n) is 6.17. The highest BCUT2D eigenvalue weighted by molar-refractivity contribution is 5.88. The molecule has 0 amide bonds. The molecular weight excluding hydrogens is 258 g/mol. The number of aromatic carboxylic acids is 1. The van der Waals surface area contributed by atoms with Crippen molar-refractivity contribution in [1.82, 2.24) is 9.97 Å². The van der Waals surface area contributed by atoms with Crippen molar-refractivity contribution in [3.8, 4) is 5.88 Å². The van der Waals surface area contributed by atoms with E-state index in [2.05, 4.69) is 9.97 Å². The van der Waals surface area contributed by atoms with Gasteiger partial charge < -0.3 is 15.6 Å². The fourth-order valence-corrected chi connectivity index (χ4v) is 1.70. The molecule has 20 heavy (non-hydrogen) atoms. The standard InChI is InChI=1S/C14H15N3O3/c15-12-8-11(14(18)19)9-17-13(12)20-7-1-2-10-3-5-16-6-4-10/h3-6,8-9H,1-2,7,15H2,(H,18,19). The number of nitrogens with zero attached hydrogens (tertiary/aromatic N) is 2. The largest absolute Gasteiger partial charge is 0.478 e. The molecule has 0 aliphatic carbocycles. The molecule has 2 aromatic rings. The average molecular weight is 273 g/mol. The second-order valence-electron chi connectivity index (χ2n) is 4.23. The third-order valence-electron chi connectivity index (χ3n) is 2.72. The fraction of sp³-hybridized carbons (Fsp3) is 0.214. The maximum absolute atomic E-state index is 10.7. The van der Waals surface area contributed by atoms with Crippen LogP contribution in [0.25, 0.3) is 0 Å². The maximum atomic E-state index is 10.7. The SMILES string of the molecule is Nc1cc(C(=O)O)cnc1OCCCc1ccncc1. The van der Waals surface area contributed by atoms with Gasteiger partial charge in [-0.1, -0.05) is 0 Å². The monoisotopic (exact) mass is 273 g/mol. The number of nitrogen functional groups attached to an aromatic ring is 1. The molecule has 3 N–H and O–H groups in total. The molecule has 0 bridgehead atoms. The number of nitrogens with two attached hydrogens (primary N) is 1. The van der Waals surface area contributed by atoms with Gasteiger partial charge in [-0.15, -0.1) is 0 Å². The Kier molecular flexibility index (Phi) is 4.49. The number of anilines is 1. The van der Waals surface area contributed by atoms with E-state index >= 15 is 0 Å². The van der Waals surface area contributed by atoms with Gasteiger partial charge in [-0.05, 0) is 36.6 Å². The molecule has 0 aromatic carbocycles. The highest BCUT2D eigenvalue weighted by atomic mass is 16.5. The summed E-state index contributed by atoms with van der Waals surface area (Å²) < 4.78 is 5.45. The van der Waals surface area contributed by atoms with Crippen LogP contribution in [-0.4, -0.2) is 27.7 Å². The van der Waals surface area contributed by atoms with Crippen LogP contribution in [0, 0.1) is 0 Å². The number of hydrogen-bond donors (Lipinski definition) is 2. The number of carbonyl (C=O) groups is 1. The van der Waals surface area contributed by atoms with E-state index < -0.39 is 5.97 Å². The number of aryl methyl sites for hydroxylation is 1. The summed E-state index contributed by atoms with van der Waals surface area (Å²) in [4.78, 5) is 18.6. The molecule has 0 saturated heterocycles. The number of pyridine rings is 2. The van der Waals surface area contributed by atoms with Crippen molar-refractivity contribution >= 4 is 11.7 Å². The zero-order chi connectivity index (χ0) is 14.4. The lowest BCUT2D eigenvalue weighted by Gasteiger charge is -2.08. The second-order valence-corrected chi connectivity index (χ2v) is 4.23. The zero-order valence-corrected chi connectivity index (χ0v) is 10.8. The number of aromatic nitrogens is 2. The van der Waals surface area contributed by atoms with Gasteiger partial charge in [-0.3, -0.25) is 4.98 Å². The van der Waals surface area contributed by atoms with Crippen molar-refractivity contribution in [1.29, 1.82) is 0 Å². The van der Waals surface area contributed by atoms with Crippen molar-refractivity contribution in [2.24, 2.45) is 0 Å². The van der Waals surface area contributed by atoms with Crippen LogP contribution in [0.4, 0.5) is 5.69 Å². The minimum Gasteiger partial charge on any atom is -0.478 e. The van der Waals surface area contributed by atoms with Gasteiger partial charge in [0.2, 0.25) is 5.88 Å². The Morgan fingerprint density at radius 3 is 2.75 bits per heavy atom. The molecule has 0 aliphatic rings. The van der Waals surface area contributed by atoms with E-state index in [0.29, 0.717) is 6.61 Å². The molecule has 0 spiro atoms. The molecule has 0 radical (unpaired) electrons. The van der Waals surface area contributed by atoms with E-state index in [-0.39, 0.29) is 17.1 Å². The number of carboxylic acids is 1. The van der Waals surface area contributed by atoms with Gasteiger partial charge in [0.05, 0.1) is 17.9 Å². The smallest absolute Gasteiger partial charge is 0.337 e. The molecule has 0 aliphatic heterocycles. The summed E-state index contributed by atoms with van der Waals surface area (Å²) in [6.07, 6.45) is 6.42. The Balaban J connectivity index is 1.84. The summed E-state index contributed by atoms with van der Waals surface area (Å²) in [5.74, 6) is -0.793. The van der Waals surface area contributed by atoms with E-state index in [0.717, 1.165) is 12.8 Å². The van der Waals surface area contributed by atoms with Crippen LogP contribution < -0.4 is 10.5 Å². The summed E-state index contributed by atoms with van der Waals surface area (Å²) in [6, 6.07) is 5.25. The van der Waals surface area contributed by atoms with Gasteiger partial charge in [-0.25, -0.2) is 9.78 Å². The summed E-state index contributed by atoms with van der Waals surface area (Å²) in [5.41, 5.74) is 7.16. The van der Waals surface area contributed by atoms with Crippen LogP contribution >= 0.6 is 0 Å². The average Bonchev–Trinajstić information content (AvgIpc) is 2.46. The first-order valence-corrected chi connectivity index (χ1v) is 6.17. The molecule has 0 fully saturated rings. The summed E-state index contributed by atoms with van der Waals surface area (Å²) in [6.45, 7) is 0.464. The molecule has 6 heteroatoms. The van der Waals surface area contributed by atoms with Gasteiger partial charge in [0.25, 0.3) is 0 Å². The third kappa shape index (κ3) is 3.68. The van der Waals surface area contributed by atoms with Crippen molar-refractivity contribution in [3.05, 3.63) is 47.9 Å². The number of ether oxygens (including phenoxy) is 1. The Morgan fingerprint density at radius 2 is 2.10 bits per heavy atom. The highest BCUT2D eigenvalue weighted by Crippen LogP contribution is 2.19. The zero-order valence-electron chi connectivity index (χ0n) is 10.8. The summed E-state index contributed by atoms with van der Waals surface area (Å²) >= 11 is 0. The molecule has 0 saturated carbocycles. The Hall–Kier alpha value is -2.63. The maximum Gasteiger partial charge on any atom is 0.337 e. The van der Waals surface area contributed by atoms with Gasteiger partial charge >= 0.3 is 5.97 Å². The summed E-state index contributed by atoms with van der Waals surface area (Å²) in [7, 11) is 0. The van der Waals surface area contributed by atoms with Crippen LogP contribution in [0.15, 0.2) is 36.8 Å². The Morgan fingerprint density at radius 1 is 1.35 bits per heavy atom. The van der Waals surface area contributed by atoms with E-state index in [1.807, 2.05) is 12.1 Å². The molecular formula is C14H15N3O3. The first-order chi connectivity index (χ1) is 9.66. The van der Waals surface area contributed by atoms with E-state index in [1.54, 1.807) is 12.4 Å². The van der Waals surface area contributed by atoms with Gasteiger partial charge in [0.1, 0.15) is 0 Å². The predicted molar refractivity (Wildman–Crippen MR) is 73.7 cm³/mol. The summed E-state index contributed by atoms with van der Waals surface area (Å²) in [5, 5.41) is 8.80. The van der Waals surface area contributed by atoms with E-state index in [1.165, 1.54) is 17.8 Å². The fourth-order valence-electron chi connectivity index (χ4n) is 1.70. The Bertz CT molecular complexity index is 587.